The molecule has 0 atom stereocenters. The SMILES string of the molecule is CCOCCCN(CC(=O)N(CCc1ccc(OC)c(OC)c1)Cc1cccs1)C(=O)NC(C)(C)C. The maximum absolute atomic E-state index is 13.5. The van der Waals surface area contributed by atoms with Crippen LogP contribution in [0.15, 0.2) is 35.7 Å². The van der Waals surface area contributed by atoms with Gasteiger partial charge in [0.15, 0.2) is 11.5 Å². The number of nitrogens with zero attached hydrogens (tertiary/aromatic N) is 2. The van der Waals surface area contributed by atoms with Crippen molar-refractivity contribution in [3.05, 3.63) is 46.2 Å². The zero-order valence-electron chi connectivity index (χ0n) is 22.5. The quantitative estimate of drug-likeness (QED) is 0.370. The van der Waals surface area contributed by atoms with E-state index in [9.17, 15) is 9.59 Å². The normalized spacial score (nSPS) is 11.2. The number of hydrogen-bond donors (Lipinski definition) is 1. The first-order valence-corrected chi connectivity index (χ1v) is 13.2. The number of benzene rings is 1. The first-order valence-electron chi connectivity index (χ1n) is 12.3. The fraction of sp³-hybridized carbons (Fsp3) is 0.556. The number of carbonyl (C=O) groups excluding carboxylic acids is 2. The number of thiophene rings is 1. The van der Waals surface area contributed by atoms with E-state index in [1.807, 2.05) is 68.3 Å². The third-order valence-corrected chi connectivity index (χ3v) is 6.28. The lowest BCUT2D eigenvalue weighted by Crippen LogP contribution is -2.52. The molecule has 0 spiro atoms. The van der Waals surface area contributed by atoms with Gasteiger partial charge in [-0.25, -0.2) is 4.79 Å². The van der Waals surface area contributed by atoms with Crippen LogP contribution in [0.1, 0.15) is 44.6 Å². The Morgan fingerprint density at radius 1 is 1.03 bits per heavy atom. The summed E-state index contributed by atoms with van der Waals surface area (Å²) in [5, 5.41) is 4.99. The Morgan fingerprint density at radius 2 is 1.78 bits per heavy atom. The van der Waals surface area contributed by atoms with Crippen molar-refractivity contribution in [3.8, 4) is 11.5 Å². The fourth-order valence-corrected chi connectivity index (χ4v) is 4.32. The first-order chi connectivity index (χ1) is 17.2. The zero-order valence-corrected chi connectivity index (χ0v) is 23.3. The highest BCUT2D eigenvalue weighted by Gasteiger charge is 2.24. The van der Waals surface area contributed by atoms with Crippen LogP contribution in [0.4, 0.5) is 4.79 Å². The molecule has 2 rings (SSSR count). The van der Waals surface area contributed by atoms with Crippen molar-refractivity contribution in [1.29, 1.82) is 0 Å². The predicted molar refractivity (Wildman–Crippen MR) is 144 cm³/mol. The van der Waals surface area contributed by atoms with Crippen molar-refractivity contribution in [1.82, 2.24) is 15.1 Å². The van der Waals surface area contributed by atoms with Gasteiger partial charge in [0.05, 0.1) is 20.8 Å². The number of methoxy groups -OCH3 is 2. The van der Waals surface area contributed by atoms with E-state index in [0.29, 0.717) is 57.2 Å². The number of nitrogens with one attached hydrogen (secondary N) is 1. The highest BCUT2D eigenvalue weighted by Crippen LogP contribution is 2.28. The molecule has 0 aliphatic rings. The lowest BCUT2D eigenvalue weighted by Gasteiger charge is -2.30. The lowest BCUT2D eigenvalue weighted by atomic mass is 10.1. The van der Waals surface area contributed by atoms with Crippen LogP contribution in [0.5, 0.6) is 11.5 Å². The standard InChI is InChI=1S/C27H41N3O5S/c1-7-35-16-9-14-30(26(32)28-27(2,3)4)20-25(31)29(19-22-10-8-17-36-22)15-13-21-11-12-23(33-5)24(18-21)34-6/h8,10-12,17-18H,7,9,13-16,19-20H2,1-6H3,(H,28,32). The Labute approximate surface area is 219 Å². The maximum Gasteiger partial charge on any atom is 0.318 e. The summed E-state index contributed by atoms with van der Waals surface area (Å²) in [5.74, 6) is 1.23. The zero-order chi connectivity index (χ0) is 26.6. The Bertz CT molecular complexity index is 943. The summed E-state index contributed by atoms with van der Waals surface area (Å²) >= 11 is 1.61. The summed E-state index contributed by atoms with van der Waals surface area (Å²) < 4.78 is 16.2. The van der Waals surface area contributed by atoms with Crippen LogP contribution >= 0.6 is 11.3 Å². The third-order valence-electron chi connectivity index (χ3n) is 5.41. The van der Waals surface area contributed by atoms with Crippen LogP contribution in [0.3, 0.4) is 0 Å². The molecule has 1 N–H and O–H groups in total. The van der Waals surface area contributed by atoms with Crippen LogP contribution in [0, 0.1) is 0 Å². The van der Waals surface area contributed by atoms with Gasteiger partial charge >= 0.3 is 6.03 Å². The molecule has 36 heavy (non-hydrogen) atoms. The van der Waals surface area contributed by atoms with E-state index in [1.54, 1.807) is 30.5 Å². The molecule has 1 aromatic heterocycles. The van der Waals surface area contributed by atoms with Crippen molar-refractivity contribution in [2.75, 3.05) is 47.1 Å². The summed E-state index contributed by atoms with van der Waals surface area (Å²) in [5.41, 5.74) is 0.637. The van der Waals surface area contributed by atoms with E-state index in [2.05, 4.69) is 5.32 Å². The number of urea groups is 1. The maximum atomic E-state index is 13.5. The van der Waals surface area contributed by atoms with E-state index in [4.69, 9.17) is 14.2 Å². The van der Waals surface area contributed by atoms with E-state index >= 15 is 0 Å². The molecule has 0 aliphatic carbocycles. The summed E-state index contributed by atoms with van der Waals surface area (Å²) in [6.45, 7) is 10.3. The molecule has 8 nitrogen and oxygen atoms in total. The van der Waals surface area contributed by atoms with Gasteiger partial charge in [0.1, 0.15) is 6.54 Å². The minimum absolute atomic E-state index is 0.00530. The molecule has 9 heteroatoms. The highest BCUT2D eigenvalue weighted by molar-refractivity contribution is 7.09. The fourth-order valence-electron chi connectivity index (χ4n) is 3.60. The van der Waals surface area contributed by atoms with Crippen LogP contribution in [-0.2, 0) is 22.5 Å². The van der Waals surface area contributed by atoms with Gasteiger partial charge in [0, 0.05) is 36.7 Å². The molecule has 0 bridgehead atoms. The van der Waals surface area contributed by atoms with Gasteiger partial charge in [-0.05, 0) is 69.7 Å². The van der Waals surface area contributed by atoms with Crippen LogP contribution in [0.2, 0.25) is 0 Å². The molecule has 0 fully saturated rings. The molecular formula is C27H41N3O5S. The molecule has 0 unspecified atom stereocenters. The van der Waals surface area contributed by atoms with Gasteiger partial charge in [-0.15, -0.1) is 11.3 Å². The summed E-state index contributed by atoms with van der Waals surface area (Å²) in [6, 6.07) is 9.54. The van der Waals surface area contributed by atoms with Gasteiger partial charge in [0.2, 0.25) is 5.91 Å². The van der Waals surface area contributed by atoms with Gasteiger partial charge in [-0.1, -0.05) is 12.1 Å². The molecule has 3 amide bonds. The average Bonchev–Trinajstić information content (AvgIpc) is 3.35. The number of amides is 3. The number of rotatable bonds is 14. The average molecular weight is 520 g/mol. The molecule has 0 aliphatic heterocycles. The van der Waals surface area contributed by atoms with E-state index < -0.39 is 5.54 Å². The monoisotopic (exact) mass is 519 g/mol. The second-order valence-electron chi connectivity index (χ2n) is 9.49. The lowest BCUT2D eigenvalue weighted by molar-refractivity contribution is -0.132. The van der Waals surface area contributed by atoms with Crippen LogP contribution in [-0.4, -0.2) is 74.3 Å². The number of ether oxygens (including phenoxy) is 3. The van der Waals surface area contributed by atoms with Gasteiger partial charge in [0.25, 0.3) is 0 Å². The summed E-state index contributed by atoms with van der Waals surface area (Å²) in [7, 11) is 3.21. The number of hydrogen-bond acceptors (Lipinski definition) is 6. The van der Waals surface area contributed by atoms with Crippen molar-refractivity contribution in [2.45, 2.75) is 52.6 Å². The second kappa shape index (κ2) is 14.7. The van der Waals surface area contributed by atoms with Gasteiger partial charge in [-0.2, -0.15) is 0 Å². The van der Waals surface area contributed by atoms with Gasteiger partial charge < -0.3 is 29.3 Å². The van der Waals surface area contributed by atoms with Crippen molar-refractivity contribution >= 4 is 23.3 Å². The Kier molecular flexibility index (Phi) is 12.0. The molecule has 1 heterocycles. The van der Waals surface area contributed by atoms with Crippen LogP contribution < -0.4 is 14.8 Å². The Balaban J connectivity index is 2.15. The van der Waals surface area contributed by atoms with E-state index in [-0.39, 0.29) is 18.5 Å². The van der Waals surface area contributed by atoms with E-state index in [1.165, 1.54) is 0 Å². The predicted octanol–water partition coefficient (Wildman–Crippen LogP) is 4.57. The Hall–Kier alpha value is -2.78. The molecule has 0 saturated carbocycles. The molecule has 2 aromatic rings. The van der Waals surface area contributed by atoms with Crippen LogP contribution in [0.25, 0.3) is 0 Å². The molecule has 200 valence electrons. The molecule has 1 aromatic carbocycles. The van der Waals surface area contributed by atoms with Crippen molar-refractivity contribution < 1.29 is 23.8 Å². The number of carbonyl (C=O) groups is 2. The summed E-state index contributed by atoms with van der Waals surface area (Å²) in [6.07, 6.45) is 1.31. The minimum atomic E-state index is -0.400. The molecule has 0 radical (unpaired) electrons. The van der Waals surface area contributed by atoms with Crippen molar-refractivity contribution in [2.24, 2.45) is 0 Å². The highest BCUT2D eigenvalue weighted by atomic mass is 32.1. The topological polar surface area (TPSA) is 80.3 Å². The van der Waals surface area contributed by atoms with Gasteiger partial charge in [-0.3, -0.25) is 4.79 Å². The summed E-state index contributed by atoms with van der Waals surface area (Å²) in [4.78, 5) is 31.0. The first kappa shape index (κ1) is 29.5. The molecule has 0 saturated heterocycles. The third kappa shape index (κ3) is 10.1. The second-order valence-corrected chi connectivity index (χ2v) is 10.5. The largest absolute Gasteiger partial charge is 0.493 e. The smallest absolute Gasteiger partial charge is 0.318 e. The molecular weight excluding hydrogens is 478 g/mol. The minimum Gasteiger partial charge on any atom is -0.493 e. The Morgan fingerprint density at radius 3 is 2.39 bits per heavy atom. The van der Waals surface area contributed by atoms with E-state index in [0.717, 1.165) is 10.4 Å². The van der Waals surface area contributed by atoms with Crippen molar-refractivity contribution in [3.63, 3.8) is 0 Å².